The molecule has 0 aromatic carbocycles. The highest BCUT2D eigenvalue weighted by Gasteiger charge is 2.24. The Kier molecular flexibility index (Phi) is 5.77. The zero-order valence-electron chi connectivity index (χ0n) is 12.9. The zero-order chi connectivity index (χ0) is 16.3. The van der Waals surface area contributed by atoms with Gasteiger partial charge in [0.15, 0.2) is 0 Å². The molecule has 0 bridgehead atoms. The Bertz CT molecular complexity index is 600. The summed E-state index contributed by atoms with van der Waals surface area (Å²) in [6.45, 7) is 9.10. The Morgan fingerprint density at radius 3 is 2.43 bits per heavy atom. The minimum Gasteiger partial charge on any atom is -0.462 e. The van der Waals surface area contributed by atoms with E-state index in [0.717, 1.165) is 4.88 Å². The van der Waals surface area contributed by atoms with Gasteiger partial charge in [-0.1, -0.05) is 6.92 Å². The van der Waals surface area contributed by atoms with E-state index < -0.39 is 21.7 Å². The van der Waals surface area contributed by atoms with Crippen LogP contribution in [0.1, 0.15) is 49.9 Å². The minimum absolute atomic E-state index is 0.239. The van der Waals surface area contributed by atoms with Crippen LogP contribution in [-0.4, -0.2) is 26.5 Å². The molecule has 1 heterocycles. The van der Waals surface area contributed by atoms with Gasteiger partial charge in [-0.2, -0.15) is 13.1 Å². The second kappa shape index (κ2) is 6.76. The van der Waals surface area contributed by atoms with Crippen LogP contribution in [0.2, 0.25) is 0 Å². The van der Waals surface area contributed by atoms with E-state index >= 15 is 0 Å². The number of rotatable bonds is 6. The fraction of sp³-hybridized carbons (Fsp3) is 0.615. The van der Waals surface area contributed by atoms with Gasteiger partial charge in [0.05, 0.1) is 12.2 Å². The third kappa shape index (κ3) is 5.64. The number of carbonyl (C=O) groups is 1. The zero-order valence-corrected chi connectivity index (χ0v) is 14.6. The van der Waals surface area contributed by atoms with E-state index in [1.165, 1.54) is 11.3 Å². The molecule has 120 valence electrons. The molecule has 0 fully saturated rings. The summed E-state index contributed by atoms with van der Waals surface area (Å²) in [5, 5.41) is 0.280. The van der Waals surface area contributed by atoms with Crippen molar-refractivity contribution in [3.8, 4) is 0 Å². The van der Waals surface area contributed by atoms with Crippen LogP contribution in [0.4, 0.5) is 5.00 Å². The Morgan fingerprint density at radius 1 is 1.33 bits per heavy atom. The van der Waals surface area contributed by atoms with Gasteiger partial charge >= 0.3 is 5.97 Å². The number of nitrogens with one attached hydrogen (secondary N) is 2. The maximum atomic E-state index is 12.1. The highest BCUT2D eigenvalue weighted by atomic mass is 32.2. The van der Waals surface area contributed by atoms with E-state index in [2.05, 4.69) is 9.44 Å². The molecule has 1 aromatic heterocycles. The first-order valence-corrected chi connectivity index (χ1v) is 8.99. The summed E-state index contributed by atoms with van der Waals surface area (Å²) in [5.74, 6) is -0.526. The van der Waals surface area contributed by atoms with Crippen molar-refractivity contribution >= 4 is 32.5 Å². The standard InChI is InChI=1S/C13H22N2O4S2/c1-6-9-8-10(12(16)19-7-2)11(20-9)14-21(17,18)15-13(3,4)5/h8,14-15H,6-7H2,1-5H3. The van der Waals surface area contributed by atoms with Gasteiger partial charge in [0.1, 0.15) is 5.00 Å². The van der Waals surface area contributed by atoms with Crippen LogP contribution < -0.4 is 9.44 Å². The monoisotopic (exact) mass is 334 g/mol. The molecular weight excluding hydrogens is 312 g/mol. The summed E-state index contributed by atoms with van der Waals surface area (Å²) < 4.78 is 34.0. The van der Waals surface area contributed by atoms with E-state index in [0.29, 0.717) is 6.42 Å². The van der Waals surface area contributed by atoms with Crippen molar-refractivity contribution in [1.82, 2.24) is 4.72 Å². The van der Waals surface area contributed by atoms with Crippen LogP contribution in [0.5, 0.6) is 0 Å². The predicted molar refractivity (Wildman–Crippen MR) is 85.1 cm³/mol. The molecular formula is C13H22N2O4S2. The van der Waals surface area contributed by atoms with E-state index in [1.807, 2.05) is 6.92 Å². The van der Waals surface area contributed by atoms with Gasteiger partial charge in [-0.25, -0.2) is 4.79 Å². The molecule has 1 rings (SSSR count). The van der Waals surface area contributed by atoms with Crippen molar-refractivity contribution in [3.05, 3.63) is 16.5 Å². The van der Waals surface area contributed by atoms with Gasteiger partial charge in [0, 0.05) is 10.4 Å². The normalized spacial score (nSPS) is 12.2. The van der Waals surface area contributed by atoms with E-state index in [9.17, 15) is 13.2 Å². The number of carbonyl (C=O) groups excluding carboxylic acids is 1. The Labute approximate surface area is 130 Å². The van der Waals surface area contributed by atoms with E-state index in [-0.39, 0.29) is 17.2 Å². The van der Waals surface area contributed by atoms with Crippen molar-refractivity contribution in [2.75, 3.05) is 11.3 Å². The number of ether oxygens (including phenoxy) is 1. The molecule has 2 N–H and O–H groups in total. The summed E-state index contributed by atoms with van der Waals surface area (Å²) in [6.07, 6.45) is 0.714. The number of anilines is 1. The van der Waals surface area contributed by atoms with Crippen molar-refractivity contribution in [2.24, 2.45) is 0 Å². The first kappa shape index (κ1) is 17.9. The molecule has 6 nitrogen and oxygen atoms in total. The number of hydrogen-bond donors (Lipinski definition) is 2. The molecule has 0 aliphatic heterocycles. The van der Waals surface area contributed by atoms with Gasteiger partial charge in [-0.15, -0.1) is 11.3 Å². The van der Waals surface area contributed by atoms with Crippen LogP contribution in [0.25, 0.3) is 0 Å². The first-order chi connectivity index (χ1) is 9.58. The first-order valence-electron chi connectivity index (χ1n) is 6.69. The minimum atomic E-state index is -3.76. The number of hydrogen-bond acceptors (Lipinski definition) is 5. The highest BCUT2D eigenvalue weighted by Crippen LogP contribution is 2.30. The second-order valence-corrected chi connectivity index (χ2v) is 8.04. The Morgan fingerprint density at radius 2 is 1.95 bits per heavy atom. The summed E-state index contributed by atoms with van der Waals surface area (Å²) in [4.78, 5) is 12.8. The average Bonchev–Trinajstić information content (AvgIpc) is 2.68. The van der Waals surface area contributed by atoms with E-state index in [4.69, 9.17) is 4.74 Å². The molecule has 0 spiro atoms. The summed E-state index contributed by atoms with van der Waals surface area (Å²) in [5.41, 5.74) is -0.362. The SMILES string of the molecule is CCOC(=O)c1cc(CC)sc1NS(=O)(=O)NC(C)(C)C. The molecule has 0 saturated heterocycles. The molecule has 0 unspecified atom stereocenters. The summed E-state index contributed by atoms with van der Waals surface area (Å²) >= 11 is 1.24. The molecule has 1 aromatic rings. The van der Waals surface area contributed by atoms with Crippen molar-refractivity contribution in [2.45, 2.75) is 46.6 Å². The smallest absolute Gasteiger partial charge is 0.341 e. The van der Waals surface area contributed by atoms with Crippen molar-refractivity contribution in [1.29, 1.82) is 0 Å². The predicted octanol–water partition coefficient (Wildman–Crippen LogP) is 2.53. The fourth-order valence-corrected chi connectivity index (χ4v) is 4.15. The van der Waals surface area contributed by atoms with Crippen LogP contribution >= 0.6 is 11.3 Å². The van der Waals surface area contributed by atoms with Crippen LogP contribution in [0, 0.1) is 0 Å². The molecule has 21 heavy (non-hydrogen) atoms. The molecule has 0 aliphatic carbocycles. The van der Waals surface area contributed by atoms with Gasteiger partial charge < -0.3 is 4.74 Å². The van der Waals surface area contributed by atoms with E-state index in [1.54, 1.807) is 33.8 Å². The number of thiophene rings is 1. The molecule has 0 amide bonds. The number of esters is 1. The molecule has 0 radical (unpaired) electrons. The average molecular weight is 334 g/mol. The Hall–Kier alpha value is -1.12. The maximum Gasteiger partial charge on any atom is 0.341 e. The van der Waals surface area contributed by atoms with Crippen molar-refractivity contribution < 1.29 is 17.9 Å². The molecule has 0 saturated carbocycles. The lowest BCUT2D eigenvalue weighted by Crippen LogP contribution is -2.43. The molecule has 0 aliphatic rings. The summed E-state index contributed by atoms with van der Waals surface area (Å²) in [6, 6.07) is 1.66. The third-order valence-electron chi connectivity index (χ3n) is 2.29. The lowest BCUT2D eigenvalue weighted by atomic mass is 10.1. The van der Waals surface area contributed by atoms with Gasteiger partial charge in [0.2, 0.25) is 0 Å². The van der Waals surface area contributed by atoms with Crippen LogP contribution in [-0.2, 0) is 21.4 Å². The second-order valence-electron chi connectivity index (χ2n) is 5.49. The van der Waals surface area contributed by atoms with Gasteiger partial charge in [0.25, 0.3) is 10.2 Å². The lowest BCUT2D eigenvalue weighted by Gasteiger charge is -2.20. The topological polar surface area (TPSA) is 84.5 Å². The summed E-state index contributed by atoms with van der Waals surface area (Å²) in [7, 11) is -3.76. The van der Waals surface area contributed by atoms with Gasteiger partial charge in [-0.3, -0.25) is 4.72 Å². The maximum absolute atomic E-state index is 12.1. The lowest BCUT2D eigenvalue weighted by molar-refractivity contribution is 0.0528. The van der Waals surface area contributed by atoms with Gasteiger partial charge in [-0.05, 0) is 40.2 Å². The fourth-order valence-electron chi connectivity index (χ4n) is 1.60. The highest BCUT2D eigenvalue weighted by molar-refractivity contribution is 7.91. The molecule has 8 heteroatoms. The van der Waals surface area contributed by atoms with Crippen LogP contribution in [0.15, 0.2) is 6.07 Å². The van der Waals surface area contributed by atoms with Crippen LogP contribution in [0.3, 0.4) is 0 Å². The number of aryl methyl sites for hydroxylation is 1. The Balaban J connectivity index is 3.07. The third-order valence-corrected chi connectivity index (χ3v) is 4.97. The largest absolute Gasteiger partial charge is 0.462 e. The van der Waals surface area contributed by atoms with Crippen molar-refractivity contribution in [3.63, 3.8) is 0 Å². The quantitative estimate of drug-likeness (QED) is 0.783. The molecule has 0 atom stereocenters.